The van der Waals surface area contributed by atoms with Gasteiger partial charge in [0, 0.05) is 16.6 Å². The van der Waals surface area contributed by atoms with E-state index in [1.165, 1.54) is 12.1 Å². The molecule has 0 unspecified atom stereocenters. The number of amides is 1. The number of hydrogen-bond acceptors (Lipinski definition) is 5. The monoisotopic (exact) mass is 501 g/mol. The van der Waals surface area contributed by atoms with Crippen molar-refractivity contribution in [1.82, 2.24) is 15.1 Å². The molecule has 0 aliphatic rings. The Morgan fingerprint density at radius 2 is 1.82 bits per heavy atom. The molecule has 2 aromatic carbocycles. The molecule has 3 rings (SSSR count). The Balaban J connectivity index is 1.94. The number of hydrogen-bond donors (Lipinski definition) is 1. The SMILES string of the molecule is CC(C)NC(=O)Cc1cc(-c2ccc(OS(=O)(=O)C(F)(F)F)cc2)nn1-c1cccc(Cl)c1. The zero-order valence-corrected chi connectivity index (χ0v) is 19.0. The maximum atomic E-state index is 12.5. The summed E-state index contributed by atoms with van der Waals surface area (Å²) in [5, 5.41) is 7.77. The van der Waals surface area contributed by atoms with Gasteiger partial charge in [0.05, 0.1) is 23.5 Å². The van der Waals surface area contributed by atoms with Gasteiger partial charge in [-0.1, -0.05) is 17.7 Å². The Labute approximate surface area is 193 Å². The van der Waals surface area contributed by atoms with Gasteiger partial charge in [-0.25, -0.2) is 4.68 Å². The average molecular weight is 502 g/mol. The summed E-state index contributed by atoms with van der Waals surface area (Å²) in [6.45, 7) is 3.67. The van der Waals surface area contributed by atoms with Crippen molar-refractivity contribution in [2.45, 2.75) is 31.8 Å². The van der Waals surface area contributed by atoms with Crippen molar-refractivity contribution in [2.24, 2.45) is 0 Å². The Kier molecular flexibility index (Phi) is 7.03. The summed E-state index contributed by atoms with van der Waals surface area (Å²) >= 11 is 6.08. The first-order valence-electron chi connectivity index (χ1n) is 9.61. The van der Waals surface area contributed by atoms with E-state index in [9.17, 15) is 26.4 Å². The molecule has 1 heterocycles. The molecular weight excluding hydrogens is 483 g/mol. The number of rotatable bonds is 7. The van der Waals surface area contributed by atoms with Gasteiger partial charge in [-0.3, -0.25) is 4.79 Å². The number of carbonyl (C=O) groups is 1. The number of carbonyl (C=O) groups excluding carboxylic acids is 1. The fourth-order valence-electron chi connectivity index (χ4n) is 2.91. The third-order valence-corrected chi connectivity index (χ3v) is 5.48. The molecular formula is C21H19ClF3N3O4S. The van der Waals surface area contributed by atoms with E-state index in [2.05, 4.69) is 14.6 Å². The number of halogens is 4. The van der Waals surface area contributed by atoms with E-state index in [-0.39, 0.29) is 18.4 Å². The normalized spacial score (nSPS) is 12.1. The fraction of sp³-hybridized carbons (Fsp3) is 0.238. The lowest BCUT2D eigenvalue weighted by atomic mass is 10.1. The molecule has 0 bridgehead atoms. The second-order valence-electron chi connectivity index (χ2n) is 7.32. The van der Waals surface area contributed by atoms with Crippen LogP contribution in [0.4, 0.5) is 13.2 Å². The molecule has 0 saturated carbocycles. The average Bonchev–Trinajstić information content (AvgIpc) is 3.10. The van der Waals surface area contributed by atoms with Crippen LogP contribution < -0.4 is 9.50 Å². The van der Waals surface area contributed by atoms with Gasteiger partial charge in [0.1, 0.15) is 5.75 Å². The van der Waals surface area contributed by atoms with Gasteiger partial charge < -0.3 is 9.50 Å². The predicted octanol–water partition coefficient (Wildman–Crippen LogP) is 4.49. The highest BCUT2D eigenvalue weighted by Crippen LogP contribution is 2.29. The second-order valence-corrected chi connectivity index (χ2v) is 9.29. The summed E-state index contributed by atoms with van der Waals surface area (Å²) in [4.78, 5) is 12.3. The summed E-state index contributed by atoms with van der Waals surface area (Å²) in [5.41, 5.74) is -3.50. The van der Waals surface area contributed by atoms with Crippen molar-refractivity contribution in [3.8, 4) is 22.7 Å². The largest absolute Gasteiger partial charge is 0.534 e. The zero-order valence-electron chi connectivity index (χ0n) is 17.4. The topological polar surface area (TPSA) is 90.3 Å². The molecule has 33 heavy (non-hydrogen) atoms. The smallest absolute Gasteiger partial charge is 0.376 e. The van der Waals surface area contributed by atoms with E-state index in [1.807, 2.05) is 13.8 Å². The van der Waals surface area contributed by atoms with Crippen molar-refractivity contribution >= 4 is 27.6 Å². The first-order chi connectivity index (χ1) is 15.4. The van der Waals surface area contributed by atoms with Crippen LogP contribution >= 0.6 is 11.6 Å². The molecule has 0 saturated heterocycles. The Bertz CT molecular complexity index is 1260. The number of nitrogens with one attached hydrogen (secondary N) is 1. The van der Waals surface area contributed by atoms with E-state index < -0.39 is 21.4 Å². The van der Waals surface area contributed by atoms with Crippen LogP contribution in [-0.2, 0) is 21.3 Å². The van der Waals surface area contributed by atoms with E-state index in [0.717, 1.165) is 12.1 Å². The van der Waals surface area contributed by atoms with E-state index in [4.69, 9.17) is 11.6 Å². The molecule has 0 aliphatic carbocycles. The predicted molar refractivity (Wildman–Crippen MR) is 117 cm³/mol. The molecule has 1 aromatic heterocycles. The van der Waals surface area contributed by atoms with Gasteiger partial charge in [-0.15, -0.1) is 0 Å². The Hall–Kier alpha value is -3.05. The van der Waals surface area contributed by atoms with Crippen LogP contribution in [0.1, 0.15) is 19.5 Å². The maximum Gasteiger partial charge on any atom is 0.534 e. The first-order valence-corrected chi connectivity index (χ1v) is 11.4. The van der Waals surface area contributed by atoms with Crippen molar-refractivity contribution in [3.63, 3.8) is 0 Å². The number of alkyl halides is 3. The minimum atomic E-state index is -5.77. The number of nitrogens with zero attached hydrogens (tertiary/aromatic N) is 2. The third kappa shape index (κ3) is 6.05. The lowest BCUT2D eigenvalue weighted by molar-refractivity contribution is -0.121. The number of benzene rings is 2. The summed E-state index contributed by atoms with van der Waals surface area (Å²) in [5.74, 6) is -0.720. The van der Waals surface area contributed by atoms with Crippen LogP contribution in [0.3, 0.4) is 0 Å². The van der Waals surface area contributed by atoms with Gasteiger partial charge in [0.2, 0.25) is 5.91 Å². The van der Waals surface area contributed by atoms with Crippen LogP contribution in [-0.4, -0.2) is 35.7 Å². The second kappa shape index (κ2) is 9.44. The van der Waals surface area contributed by atoms with Crippen LogP contribution in [0.25, 0.3) is 16.9 Å². The fourth-order valence-corrected chi connectivity index (χ4v) is 3.55. The standard InChI is InChI=1S/C21H19ClF3N3O4S/c1-13(2)26-20(29)12-17-11-19(27-28(17)16-5-3-4-15(22)10-16)14-6-8-18(9-7-14)32-33(30,31)21(23,24)25/h3-11,13H,12H2,1-2H3,(H,26,29). The molecule has 176 valence electrons. The van der Waals surface area contributed by atoms with E-state index in [0.29, 0.717) is 27.7 Å². The quantitative estimate of drug-likeness (QED) is 0.380. The lowest BCUT2D eigenvalue weighted by Gasteiger charge is -2.10. The molecule has 0 radical (unpaired) electrons. The maximum absolute atomic E-state index is 12.5. The van der Waals surface area contributed by atoms with Crippen LogP contribution in [0.15, 0.2) is 54.6 Å². The minimum Gasteiger partial charge on any atom is -0.376 e. The van der Waals surface area contributed by atoms with Gasteiger partial charge in [-0.05, 0) is 62.4 Å². The molecule has 12 heteroatoms. The summed E-state index contributed by atoms with van der Waals surface area (Å²) in [6.07, 6.45) is 0.0166. The van der Waals surface area contributed by atoms with Crippen molar-refractivity contribution in [3.05, 3.63) is 65.3 Å². The zero-order chi connectivity index (χ0) is 24.4. The molecule has 3 aromatic rings. The van der Waals surface area contributed by atoms with Gasteiger partial charge in [0.25, 0.3) is 0 Å². The molecule has 0 fully saturated rings. The molecule has 1 N–H and O–H groups in total. The number of aromatic nitrogens is 2. The summed E-state index contributed by atoms with van der Waals surface area (Å²) in [7, 11) is -5.77. The molecule has 0 spiro atoms. The van der Waals surface area contributed by atoms with Gasteiger partial charge in [0.15, 0.2) is 0 Å². The Morgan fingerprint density at radius 1 is 1.15 bits per heavy atom. The molecule has 0 atom stereocenters. The van der Waals surface area contributed by atoms with Crippen LogP contribution in [0.5, 0.6) is 5.75 Å². The van der Waals surface area contributed by atoms with Crippen molar-refractivity contribution in [1.29, 1.82) is 0 Å². The highest BCUT2D eigenvalue weighted by molar-refractivity contribution is 7.88. The van der Waals surface area contributed by atoms with E-state index in [1.54, 1.807) is 35.0 Å². The molecule has 1 amide bonds. The minimum absolute atomic E-state index is 0.0166. The van der Waals surface area contributed by atoms with Gasteiger partial charge >= 0.3 is 15.6 Å². The summed E-state index contributed by atoms with van der Waals surface area (Å²) < 4.78 is 65.6. The Morgan fingerprint density at radius 3 is 2.39 bits per heavy atom. The molecule has 0 aliphatic heterocycles. The van der Waals surface area contributed by atoms with Crippen LogP contribution in [0, 0.1) is 0 Å². The van der Waals surface area contributed by atoms with Crippen molar-refractivity contribution in [2.75, 3.05) is 0 Å². The van der Waals surface area contributed by atoms with Crippen LogP contribution in [0.2, 0.25) is 5.02 Å². The highest BCUT2D eigenvalue weighted by Gasteiger charge is 2.48. The highest BCUT2D eigenvalue weighted by atomic mass is 35.5. The molecule has 7 nitrogen and oxygen atoms in total. The first kappa shape index (κ1) is 24.6. The summed E-state index contributed by atoms with van der Waals surface area (Å²) in [6, 6.07) is 13.3. The third-order valence-electron chi connectivity index (χ3n) is 4.27. The van der Waals surface area contributed by atoms with Gasteiger partial charge in [-0.2, -0.15) is 26.7 Å². The van der Waals surface area contributed by atoms with E-state index >= 15 is 0 Å². The lowest BCUT2D eigenvalue weighted by Crippen LogP contribution is -2.31. The van der Waals surface area contributed by atoms with Crippen molar-refractivity contribution < 1.29 is 30.6 Å².